The quantitative estimate of drug-likeness (QED) is 0.418. The number of likely N-dealkylation sites (N-methyl/N-ethyl adjacent to an activating group) is 1. The van der Waals surface area contributed by atoms with E-state index in [1.165, 1.54) is 0 Å². The Morgan fingerprint density at radius 1 is 0.971 bits per heavy atom. The van der Waals surface area contributed by atoms with Crippen LogP contribution in [-0.4, -0.2) is 36.2 Å². The van der Waals surface area contributed by atoms with Gasteiger partial charge in [-0.15, -0.1) is 6.58 Å². The third-order valence-electron chi connectivity index (χ3n) is 6.79. The summed E-state index contributed by atoms with van der Waals surface area (Å²) in [4.78, 5) is 2.22. The van der Waals surface area contributed by atoms with E-state index in [0.29, 0.717) is 6.54 Å². The molecule has 0 aliphatic carbocycles. The van der Waals surface area contributed by atoms with Crippen LogP contribution in [0.1, 0.15) is 41.6 Å². The van der Waals surface area contributed by atoms with Crippen LogP contribution in [0.25, 0.3) is 11.1 Å². The van der Waals surface area contributed by atoms with Crippen LogP contribution in [0.15, 0.2) is 85.5 Å². The number of benzene rings is 3. The van der Waals surface area contributed by atoms with E-state index < -0.39 is 6.29 Å². The minimum absolute atomic E-state index is 0.0149. The van der Waals surface area contributed by atoms with Gasteiger partial charge < -0.3 is 25.2 Å². The second kappa shape index (κ2) is 11.8. The summed E-state index contributed by atoms with van der Waals surface area (Å²) in [6.45, 7) is 8.15. The molecule has 3 aromatic rings. The van der Waals surface area contributed by atoms with Crippen molar-refractivity contribution in [1.82, 2.24) is 4.90 Å². The summed E-state index contributed by atoms with van der Waals surface area (Å²) in [7, 11) is 2.08. The van der Waals surface area contributed by atoms with Gasteiger partial charge in [0.05, 0.1) is 18.8 Å². The Morgan fingerprint density at radius 3 is 2.31 bits per heavy atom. The molecule has 5 nitrogen and oxygen atoms in total. The van der Waals surface area contributed by atoms with Crippen molar-refractivity contribution in [3.63, 3.8) is 0 Å². The third kappa shape index (κ3) is 5.89. The van der Waals surface area contributed by atoms with Crippen LogP contribution < -0.4 is 5.73 Å². The lowest BCUT2D eigenvalue weighted by Gasteiger charge is -2.42. The van der Waals surface area contributed by atoms with Gasteiger partial charge in [0.2, 0.25) is 0 Å². The Hall–Kier alpha value is -2.80. The molecule has 0 aromatic heterocycles. The van der Waals surface area contributed by atoms with E-state index in [9.17, 15) is 5.11 Å². The van der Waals surface area contributed by atoms with Gasteiger partial charge in [0.1, 0.15) is 0 Å². The minimum atomic E-state index is -0.477. The lowest BCUT2D eigenvalue weighted by Crippen LogP contribution is -2.43. The maximum atomic E-state index is 9.44. The third-order valence-corrected chi connectivity index (χ3v) is 6.79. The summed E-state index contributed by atoms with van der Waals surface area (Å²) in [5.74, 6) is 0.147. The molecule has 0 bridgehead atoms. The standard InChI is InChI=1S/C30H36N2O3/c1-4-17-32(3)19-28-21(2)29(24-11-9-22(20-33)10-12-24)35-30(34-28)25-15-13-23(14-16-25)27-8-6-5-7-26(27)18-31/h4-16,21,28-30,33H,1,17-20,31H2,2-3H3/t21-,28+,29+,30+/m1/s1. The van der Waals surface area contributed by atoms with E-state index >= 15 is 0 Å². The van der Waals surface area contributed by atoms with Gasteiger partial charge in [-0.3, -0.25) is 0 Å². The summed E-state index contributed by atoms with van der Waals surface area (Å²) < 4.78 is 13.1. The molecular formula is C30H36N2O3. The molecule has 1 aliphatic heterocycles. The van der Waals surface area contributed by atoms with Gasteiger partial charge >= 0.3 is 0 Å². The Morgan fingerprint density at radius 2 is 1.66 bits per heavy atom. The lowest BCUT2D eigenvalue weighted by molar-refractivity contribution is -0.275. The molecule has 0 spiro atoms. The number of ether oxygens (including phenoxy) is 2. The predicted molar refractivity (Wildman–Crippen MR) is 140 cm³/mol. The van der Waals surface area contributed by atoms with Crippen LogP contribution in [0, 0.1) is 5.92 Å². The van der Waals surface area contributed by atoms with E-state index in [1.54, 1.807) is 0 Å². The van der Waals surface area contributed by atoms with E-state index in [2.05, 4.69) is 61.8 Å². The van der Waals surface area contributed by atoms with Crippen LogP contribution in [-0.2, 0) is 22.6 Å². The number of hydrogen-bond acceptors (Lipinski definition) is 5. The maximum absolute atomic E-state index is 9.44. The molecule has 0 radical (unpaired) electrons. The van der Waals surface area contributed by atoms with Gasteiger partial charge in [-0.25, -0.2) is 0 Å². The average molecular weight is 473 g/mol. The van der Waals surface area contributed by atoms with Crippen LogP contribution in [0.4, 0.5) is 0 Å². The fourth-order valence-corrected chi connectivity index (χ4v) is 4.73. The SMILES string of the molecule is C=CCN(C)C[C@@H]1O[C@H](c2ccc(-c3ccccc3CN)cc2)O[C@H](c2ccc(CO)cc2)[C@@H]1C. The highest BCUT2D eigenvalue weighted by atomic mass is 16.7. The van der Waals surface area contributed by atoms with Crippen molar-refractivity contribution in [1.29, 1.82) is 0 Å². The molecule has 1 fully saturated rings. The van der Waals surface area contributed by atoms with E-state index in [4.69, 9.17) is 15.2 Å². The van der Waals surface area contributed by atoms with E-state index in [0.717, 1.165) is 46.5 Å². The molecule has 1 aliphatic rings. The van der Waals surface area contributed by atoms with Gasteiger partial charge in [0.15, 0.2) is 6.29 Å². The Bertz CT molecular complexity index is 1100. The summed E-state index contributed by atoms with van der Waals surface area (Å²) >= 11 is 0. The van der Waals surface area contributed by atoms with Crippen LogP contribution >= 0.6 is 0 Å². The largest absolute Gasteiger partial charge is 0.392 e. The first-order valence-electron chi connectivity index (χ1n) is 12.2. The van der Waals surface area contributed by atoms with Crippen LogP contribution in [0.2, 0.25) is 0 Å². The molecule has 1 saturated heterocycles. The zero-order valence-electron chi connectivity index (χ0n) is 20.6. The second-order valence-corrected chi connectivity index (χ2v) is 9.32. The number of hydrogen-bond donors (Lipinski definition) is 2. The van der Waals surface area contributed by atoms with Crippen molar-refractivity contribution < 1.29 is 14.6 Å². The second-order valence-electron chi connectivity index (χ2n) is 9.32. The number of aliphatic hydroxyl groups excluding tert-OH is 1. The number of rotatable bonds is 9. The number of nitrogens with two attached hydrogens (primary N) is 1. The highest BCUT2D eigenvalue weighted by Crippen LogP contribution is 2.42. The first-order chi connectivity index (χ1) is 17.0. The van der Waals surface area contributed by atoms with E-state index in [-0.39, 0.29) is 24.7 Å². The molecule has 4 rings (SSSR count). The van der Waals surface area contributed by atoms with Crippen molar-refractivity contribution >= 4 is 0 Å². The molecule has 3 N–H and O–H groups in total. The monoisotopic (exact) mass is 472 g/mol. The van der Waals surface area contributed by atoms with Gasteiger partial charge in [-0.2, -0.15) is 0 Å². The first-order valence-corrected chi connectivity index (χ1v) is 12.2. The molecule has 4 atom stereocenters. The van der Waals surface area contributed by atoms with Crippen molar-refractivity contribution in [3.05, 3.63) is 108 Å². The summed E-state index contributed by atoms with van der Waals surface area (Å²) in [6.07, 6.45) is 1.29. The maximum Gasteiger partial charge on any atom is 0.184 e. The summed E-state index contributed by atoms with van der Waals surface area (Å²) in [6, 6.07) is 24.6. The number of nitrogens with zero attached hydrogens (tertiary/aromatic N) is 1. The molecule has 5 heteroatoms. The molecule has 0 saturated carbocycles. The fourth-order valence-electron chi connectivity index (χ4n) is 4.73. The topological polar surface area (TPSA) is 68.0 Å². The minimum Gasteiger partial charge on any atom is -0.392 e. The highest BCUT2D eigenvalue weighted by molar-refractivity contribution is 5.67. The zero-order chi connectivity index (χ0) is 24.8. The highest BCUT2D eigenvalue weighted by Gasteiger charge is 2.38. The Balaban J connectivity index is 1.61. The normalized spacial score (nSPS) is 22.3. The lowest BCUT2D eigenvalue weighted by atomic mass is 9.90. The first kappa shape index (κ1) is 25.3. The number of aliphatic hydroxyl groups is 1. The van der Waals surface area contributed by atoms with E-state index in [1.807, 2.05) is 42.5 Å². The van der Waals surface area contributed by atoms with Crippen molar-refractivity contribution in [2.24, 2.45) is 11.7 Å². The van der Waals surface area contributed by atoms with Crippen LogP contribution in [0.3, 0.4) is 0 Å². The van der Waals surface area contributed by atoms with Crippen molar-refractivity contribution in [2.75, 3.05) is 20.1 Å². The molecule has 0 amide bonds. The van der Waals surface area contributed by atoms with Gasteiger partial charge in [0.25, 0.3) is 0 Å². The van der Waals surface area contributed by atoms with Crippen LogP contribution in [0.5, 0.6) is 0 Å². The van der Waals surface area contributed by atoms with Crippen molar-refractivity contribution in [3.8, 4) is 11.1 Å². The molecule has 1 heterocycles. The van der Waals surface area contributed by atoms with Gasteiger partial charge in [0, 0.05) is 31.1 Å². The molecule has 0 unspecified atom stereocenters. The molecule has 184 valence electrons. The molecule has 3 aromatic carbocycles. The average Bonchev–Trinajstić information content (AvgIpc) is 2.90. The molecular weight excluding hydrogens is 436 g/mol. The van der Waals surface area contributed by atoms with Gasteiger partial charge in [-0.1, -0.05) is 85.8 Å². The fraction of sp³-hybridized carbons (Fsp3) is 0.333. The summed E-state index contributed by atoms with van der Waals surface area (Å²) in [5.41, 5.74) is 12.3. The zero-order valence-corrected chi connectivity index (χ0v) is 20.6. The van der Waals surface area contributed by atoms with Gasteiger partial charge in [-0.05, 0) is 34.9 Å². The predicted octanol–water partition coefficient (Wildman–Crippen LogP) is 5.21. The van der Waals surface area contributed by atoms with Crippen molar-refractivity contribution in [2.45, 2.75) is 38.6 Å². The Kier molecular flexibility index (Phi) is 8.50. The summed E-state index contributed by atoms with van der Waals surface area (Å²) in [5, 5.41) is 9.44. The smallest absolute Gasteiger partial charge is 0.184 e. The molecule has 35 heavy (non-hydrogen) atoms. The Labute approximate surface area is 208 Å².